The van der Waals surface area contributed by atoms with Crippen molar-refractivity contribution in [2.24, 2.45) is 0 Å². The number of fused-ring (bicyclic) bond motifs is 3. The van der Waals surface area contributed by atoms with E-state index in [0.29, 0.717) is 52.0 Å². The summed E-state index contributed by atoms with van der Waals surface area (Å²) < 4.78 is 28.6. The van der Waals surface area contributed by atoms with Crippen molar-refractivity contribution in [1.29, 1.82) is 0 Å². The van der Waals surface area contributed by atoms with Crippen molar-refractivity contribution in [3.05, 3.63) is 35.5 Å². The van der Waals surface area contributed by atoms with E-state index < -0.39 is 10.0 Å². The third-order valence-electron chi connectivity index (χ3n) is 5.70. The quantitative estimate of drug-likeness (QED) is 0.800. The van der Waals surface area contributed by atoms with Crippen molar-refractivity contribution in [3.8, 4) is 0 Å². The first-order chi connectivity index (χ1) is 12.4. The number of nitrogens with zero attached hydrogens (tertiary/aromatic N) is 3. The molecule has 0 unspecified atom stereocenters. The van der Waals surface area contributed by atoms with Crippen LogP contribution in [-0.2, 0) is 10.0 Å². The van der Waals surface area contributed by atoms with E-state index in [2.05, 4.69) is 23.7 Å². The minimum atomic E-state index is -3.59. The van der Waals surface area contributed by atoms with Gasteiger partial charge in [-0.2, -0.15) is 4.31 Å². The van der Waals surface area contributed by atoms with Crippen LogP contribution in [0.3, 0.4) is 0 Å². The average molecular weight is 394 g/mol. The fourth-order valence-electron chi connectivity index (χ4n) is 4.62. The molecule has 1 aromatic heterocycles. The Balaban J connectivity index is 1.73. The Morgan fingerprint density at radius 3 is 2.69 bits per heavy atom. The maximum Gasteiger partial charge on any atom is 0.243 e. The third kappa shape index (κ3) is 2.93. The molecule has 2 aromatic rings. The van der Waals surface area contributed by atoms with Gasteiger partial charge >= 0.3 is 0 Å². The van der Waals surface area contributed by atoms with Crippen LogP contribution in [0.15, 0.2) is 35.4 Å². The van der Waals surface area contributed by atoms with Gasteiger partial charge in [0.1, 0.15) is 0 Å². The van der Waals surface area contributed by atoms with Crippen molar-refractivity contribution in [2.75, 3.05) is 13.1 Å². The number of halogens is 1. The highest BCUT2D eigenvalue weighted by atomic mass is 35.5. The standard InChI is InChI=1S/C19H24ClN3O2S/c1-13(2)23-14-5-6-15(23)12-22(11-9-14)26(24,25)18-8-7-17(20)19-16(18)4-3-10-21-19/h3-4,7-8,10,13-15H,5-6,9,11-12H2,1-2H3/t14-,15-/m0/s1. The predicted molar refractivity (Wildman–Crippen MR) is 104 cm³/mol. The number of benzene rings is 1. The van der Waals surface area contributed by atoms with Gasteiger partial charge in [0.25, 0.3) is 0 Å². The monoisotopic (exact) mass is 393 g/mol. The van der Waals surface area contributed by atoms with Crippen molar-refractivity contribution < 1.29 is 8.42 Å². The number of sulfonamides is 1. The van der Waals surface area contributed by atoms with Crippen LogP contribution in [0.2, 0.25) is 5.02 Å². The Bertz CT molecular complexity index is 932. The summed E-state index contributed by atoms with van der Waals surface area (Å²) in [6, 6.07) is 8.02. The molecule has 26 heavy (non-hydrogen) atoms. The second-order valence-electron chi connectivity index (χ2n) is 7.52. The Hall–Kier alpha value is -1.21. The lowest BCUT2D eigenvalue weighted by atomic mass is 10.1. The van der Waals surface area contributed by atoms with Gasteiger partial charge in [-0.25, -0.2) is 8.42 Å². The van der Waals surface area contributed by atoms with Crippen LogP contribution < -0.4 is 0 Å². The molecule has 2 atom stereocenters. The summed E-state index contributed by atoms with van der Waals surface area (Å²) in [6.45, 7) is 5.53. The molecule has 0 amide bonds. The van der Waals surface area contributed by atoms with Crippen LogP contribution >= 0.6 is 11.6 Å². The van der Waals surface area contributed by atoms with E-state index in [0.717, 1.165) is 12.8 Å². The lowest BCUT2D eigenvalue weighted by Gasteiger charge is -2.32. The van der Waals surface area contributed by atoms with Gasteiger partial charge in [-0.1, -0.05) is 11.6 Å². The molecule has 0 saturated carbocycles. The highest BCUT2D eigenvalue weighted by molar-refractivity contribution is 7.89. The Morgan fingerprint density at radius 1 is 1.15 bits per heavy atom. The molecule has 0 radical (unpaired) electrons. The molecule has 2 aliphatic heterocycles. The number of aromatic nitrogens is 1. The molecule has 0 aliphatic carbocycles. The molecule has 2 aliphatic rings. The highest BCUT2D eigenvalue weighted by Gasteiger charge is 2.41. The first-order valence-corrected chi connectivity index (χ1v) is 11.0. The van der Waals surface area contributed by atoms with Gasteiger partial charge in [-0.15, -0.1) is 0 Å². The van der Waals surface area contributed by atoms with E-state index in [4.69, 9.17) is 11.6 Å². The zero-order valence-corrected chi connectivity index (χ0v) is 16.7. The Labute approximate surface area is 160 Å². The molecule has 2 saturated heterocycles. The first-order valence-electron chi connectivity index (χ1n) is 9.20. The van der Waals surface area contributed by atoms with E-state index in [1.54, 1.807) is 34.8 Å². The Morgan fingerprint density at radius 2 is 1.92 bits per heavy atom. The maximum atomic E-state index is 13.5. The van der Waals surface area contributed by atoms with E-state index in [9.17, 15) is 8.42 Å². The molecule has 1 aromatic carbocycles. The second kappa shape index (κ2) is 6.75. The summed E-state index contributed by atoms with van der Waals surface area (Å²) >= 11 is 6.22. The summed E-state index contributed by atoms with van der Waals surface area (Å²) in [7, 11) is -3.59. The minimum Gasteiger partial charge on any atom is -0.294 e. The SMILES string of the molecule is CC(C)N1[C@H]2CC[C@H]1CN(S(=O)(=O)c1ccc(Cl)c3ncccc13)CC2. The second-order valence-corrected chi connectivity index (χ2v) is 9.84. The number of pyridine rings is 1. The van der Waals surface area contributed by atoms with Crippen molar-refractivity contribution in [2.45, 2.75) is 56.1 Å². The van der Waals surface area contributed by atoms with Gasteiger partial charge in [-0.05, 0) is 57.4 Å². The van der Waals surface area contributed by atoms with Gasteiger partial charge in [0.15, 0.2) is 0 Å². The molecule has 4 rings (SSSR count). The molecule has 0 N–H and O–H groups in total. The lowest BCUT2D eigenvalue weighted by molar-refractivity contribution is 0.154. The highest BCUT2D eigenvalue weighted by Crippen LogP contribution is 2.35. The fourth-order valence-corrected chi connectivity index (χ4v) is 6.51. The smallest absolute Gasteiger partial charge is 0.243 e. The van der Waals surface area contributed by atoms with E-state index >= 15 is 0 Å². The number of rotatable bonds is 3. The van der Waals surface area contributed by atoms with Crippen LogP contribution in [0.1, 0.15) is 33.1 Å². The van der Waals surface area contributed by atoms with Crippen LogP contribution in [0.5, 0.6) is 0 Å². The van der Waals surface area contributed by atoms with Crippen molar-refractivity contribution in [3.63, 3.8) is 0 Å². The predicted octanol–water partition coefficient (Wildman–Crippen LogP) is 3.52. The van der Waals surface area contributed by atoms with E-state index in [1.807, 2.05) is 0 Å². The normalized spacial score (nSPS) is 25.1. The molecule has 5 nitrogen and oxygen atoms in total. The van der Waals surface area contributed by atoms with E-state index in [1.165, 1.54) is 6.42 Å². The van der Waals surface area contributed by atoms with Gasteiger partial charge in [0.05, 0.1) is 15.4 Å². The van der Waals surface area contributed by atoms with Crippen molar-refractivity contribution in [1.82, 2.24) is 14.2 Å². The summed E-state index contributed by atoms with van der Waals surface area (Å²) in [5.74, 6) is 0. The van der Waals surface area contributed by atoms with Crippen LogP contribution in [-0.4, -0.2) is 53.8 Å². The molecular weight excluding hydrogens is 370 g/mol. The zero-order chi connectivity index (χ0) is 18.5. The Kier molecular flexibility index (Phi) is 4.72. The molecule has 2 bridgehead atoms. The summed E-state index contributed by atoms with van der Waals surface area (Å²) in [4.78, 5) is 7.08. The fraction of sp³-hybridized carbons (Fsp3) is 0.526. The molecule has 0 spiro atoms. The minimum absolute atomic E-state index is 0.300. The van der Waals surface area contributed by atoms with Gasteiger partial charge in [-0.3, -0.25) is 9.88 Å². The van der Waals surface area contributed by atoms with Crippen molar-refractivity contribution >= 4 is 32.5 Å². The van der Waals surface area contributed by atoms with Crippen LogP contribution in [0, 0.1) is 0 Å². The number of hydrogen-bond donors (Lipinski definition) is 0. The molecule has 140 valence electrons. The summed E-state index contributed by atoms with van der Waals surface area (Å²) in [5.41, 5.74) is 0.537. The molecule has 2 fully saturated rings. The number of hydrogen-bond acceptors (Lipinski definition) is 4. The van der Waals surface area contributed by atoms with Crippen LogP contribution in [0.4, 0.5) is 0 Å². The zero-order valence-electron chi connectivity index (χ0n) is 15.1. The average Bonchev–Trinajstić information content (AvgIpc) is 2.89. The maximum absolute atomic E-state index is 13.5. The van der Waals surface area contributed by atoms with E-state index in [-0.39, 0.29) is 0 Å². The van der Waals surface area contributed by atoms with Crippen LogP contribution in [0.25, 0.3) is 10.9 Å². The largest absolute Gasteiger partial charge is 0.294 e. The summed E-state index contributed by atoms with van der Waals surface area (Å²) in [6.07, 6.45) is 4.76. The topological polar surface area (TPSA) is 53.5 Å². The molecular formula is C19H24ClN3O2S. The van der Waals surface area contributed by atoms with Gasteiger partial charge < -0.3 is 0 Å². The molecule has 3 heterocycles. The van der Waals surface area contributed by atoms with Gasteiger partial charge in [0.2, 0.25) is 10.0 Å². The summed E-state index contributed by atoms with van der Waals surface area (Å²) in [5, 5.41) is 1.07. The third-order valence-corrected chi connectivity index (χ3v) is 7.93. The van der Waals surface area contributed by atoms with Gasteiger partial charge in [0, 0.05) is 42.8 Å². The first kappa shape index (κ1) is 18.2. The molecule has 7 heteroatoms. The lowest BCUT2D eigenvalue weighted by Crippen LogP contribution is -2.44.